The van der Waals surface area contributed by atoms with Crippen LogP contribution in [0.4, 0.5) is 0 Å². The van der Waals surface area contributed by atoms with Gasteiger partial charge in [0.05, 0.1) is 25.4 Å². The summed E-state index contributed by atoms with van der Waals surface area (Å²) in [6.07, 6.45) is 2.37. The summed E-state index contributed by atoms with van der Waals surface area (Å²) in [6.45, 7) is 4.73. The number of nitrogens with one attached hydrogen (secondary N) is 1. The zero-order valence-corrected chi connectivity index (χ0v) is 20.8. The number of nitrogens with zero attached hydrogens (tertiary/aromatic N) is 4. The number of hydrogen-bond donors (Lipinski definition) is 1. The average molecular weight is 490 g/mol. The molecule has 0 radical (unpaired) electrons. The third-order valence-corrected chi connectivity index (χ3v) is 5.92. The third-order valence-electron chi connectivity index (χ3n) is 5.92. The summed E-state index contributed by atoms with van der Waals surface area (Å²) < 4.78 is 12.5. The van der Waals surface area contributed by atoms with Crippen LogP contribution in [0.2, 0.25) is 0 Å². The topological polar surface area (TPSA) is 102 Å². The first kappa shape index (κ1) is 25.0. The monoisotopic (exact) mass is 489 g/mol. The molecule has 188 valence electrons. The molecule has 0 saturated heterocycles. The highest BCUT2D eigenvalue weighted by atomic mass is 16.5. The van der Waals surface area contributed by atoms with Gasteiger partial charge in [-0.25, -0.2) is 4.68 Å². The molecule has 0 bridgehead atoms. The maximum absolute atomic E-state index is 13.8. The Morgan fingerprint density at radius 3 is 2.69 bits per heavy atom. The van der Waals surface area contributed by atoms with Crippen molar-refractivity contribution in [2.75, 3.05) is 13.7 Å². The Balaban J connectivity index is 1.70. The number of hydrogen-bond acceptors (Lipinski definition) is 6. The molecule has 2 aromatic carbocycles. The van der Waals surface area contributed by atoms with Gasteiger partial charge in [0.2, 0.25) is 11.8 Å². The van der Waals surface area contributed by atoms with Crippen molar-refractivity contribution in [3.63, 3.8) is 0 Å². The van der Waals surface area contributed by atoms with Crippen molar-refractivity contribution in [1.29, 1.82) is 0 Å². The molecule has 9 nitrogen and oxygen atoms in total. The van der Waals surface area contributed by atoms with E-state index in [4.69, 9.17) is 9.15 Å². The molecule has 2 aromatic heterocycles. The first-order chi connectivity index (χ1) is 17.5. The summed E-state index contributed by atoms with van der Waals surface area (Å²) in [4.78, 5) is 28.9. The summed E-state index contributed by atoms with van der Waals surface area (Å²) in [5.41, 5.74) is 2.07. The highest BCUT2D eigenvalue weighted by Gasteiger charge is 2.33. The van der Waals surface area contributed by atoms with Crippen LogP contribution in [0, 0.1) is 5.92 Å². The van der Waals surface area contributed by atoms with E-state index in [1.807, 2.05) is 36.4 Å². The second-order valence-corrected chi connectivity index (χ2v) is 8.99. The van der Waals surface area contributed by atoms with E-state index in [9.17, 15) is 9.59 Å². The van der Waals surface area contributed by atoms with Crippen LogP contribution in [0.25, 0.3) is 11.0 Å². The molecule has 0 aliphatic heterocycles. The molecule has 1 atom stereocenters. The van der Waals surface area contributed by atoms with Gasteiger partial charge in [-0.15, -0.1) is 5.10 Å². The first-order valence-corrected chi connectivity index (χ1v) is 12.0. The standard InChI is InChI=1S/C27H31N5O4/c1-19(2)13-14-28-27(34)26(20-8-6-9-21(16-20)35-3)31(17-22-10-7-15-36-22)25(33)18-32-24-12-5-4-11-23(24)29-30-32/h4-12,15-16,19,26H,13-14,17-18H2,1-3H3,(H,28,34). The Morgan fingerprint density at radius 2 is 1.94 bits per heavy atom. The first-order valence-electron chi connectivity index (χ1n) is 12.0. The molecule has 36 heavy (non-hydrogen) atoms. The van der Waals surface area contributed by atoms with Crippen molar-refractivity contribution in [3.05, 3.63) is 78.3 Å². The fourth-order valence-electron chi connectivity index (χ4n) is 4.01. The van der Waals surface area contributed by atoms with Gasteiger partial charge in [0.1, 0.15) is 29.6 Å². The molecule has 4 rings (SSSR count). The molecule has 1 unspecified atom stereocenters. The van der Waals surface area contributed by atoms with Gasteiger partial charge in [-0.2, -0.15) is 0 Å². The minimum atomic E-state index is -0.903. The van der Waals surface area contributed by atoms with E-state index in [1.54, 1.807) is 42.3 Å². The Hall–Kier alpha value is -4.14. The zero-order chi connectivity index (χ0) is 25.5. The van der Waals surface area contributed by atoms with Crippen molar-refractivity contribution in [2.45, 2.75) is 39.4 Å². The van der Waals surface area contributed by atoms with Gasteiger partial charge in [0.15, 0.2) is 0 Å². The number of carbonyl (C=O) groups is 2. The average Bonchev–Trinajstić information content (AvgIpc) is 3.54. The molecular weight excluding hydrogens is 458 g/mol. The van der Waals surface area contributed by atoms with Crippen molar-refractivity contribution in [2.24, 2.45) is 5.92 Å². The lowest BCUT2D eigenvalue weighted by atomic mass is 10.0. The number of methoxy groups -OCH3 is 1. The number of aromatic nitrogens is 3. The van der Waals surface area contributed by atoms with Crippen LogP contribution in [-0.2, 0) is 22.7 Å². The maximum Gasteiger partial charge on any atom is 0.247 e. The second kappa shape index (κ2) is 11.5. The van der Waals surface area contributed by atoms with Gasteiger partial charge < -0.3 is 19.4 Å². The summed E-state index contributed by atoms with van der Waals surface area (Å²) in [6, 6.07) is 17.3. The summed E-state index contributed by atoms with van der Waals surface area (Å²) in [5.74, 6) is 1.03. The van der Waals surface area contributed by atoms with Crippen LogP contribution in [0.15, 0.2) is 71.3 Å². The lowest BCUT2D eigenvalue weighted by Gasteiger charge is -2.31. The van der Waals surface area contributed by atoms with Crippen molar-refractivity contribution < 1.29 is 18.7 Å². The largest absolute Gasteiger partial charge is 0.497 e. The lowest BCUT2D eigenvalue weighted by molar-refractivity contribution is -0.142. The van der Waals surface area contributed by atoms with E-state index in [2.05, 4.69) is 29.5 Å². The molecule has 0 saturated carbocycles. The number of para-hydroxylation sites is 1. The molecular formula is C27H31N5O4. The van der Waals surface area contributed by atoms with E-state index < -0.39 is 6.04 Å². The van der Waals surface area contributed by atoms with Gasteiger partial charge in [-0.05, 0) is 54.3 Å². The molecule has 1 N–H and O–H groups in total. The van der Waals surface area contributed by atoms with Gasteiger partial charge in [-0.3, -0.25) is 9.59 Å². The van der Waals surface area contributed by atoms with Crippen LogP contribution in [-0.4, -0.2) is 45.4 Å². The van der Waals surface area contributed by atoms with Crippen LogP contribution in [0.3, 0.4) is 0 Å². The van der Waals surface area contributed by atoms with E-state index >= 15 is 0 Å². The van der Waals surface area contributed by atoms with Gasteiger partial charge in [0.25, 0.3) is 0 Å². The van der Waals surface area contributed by atoms with E-state index in [-0.39, 0.29) is 24.9 Å². The van der Waals surface area contributed by atoms with Crippen molar-refractivity contribution in [1.82, 2.24) is 25.2 Å². The minimum absolute atomic E-state index is 0.0824. The van der Waals surface area contributed by atoms with Gasteiger partial charge in [0, 0.05) is 6.54 Å². The van der Waals surface area contributed by atoms with Crippen molar-refractivity contribution >= 4 is 22.8 Å². The fraction of sp³-hybridized carbons (Fsp3) is 0.333. The maximum atomic E-state index is 13.8. The van der Waals surface area contributed by atoms with E-state index in [0.29, 0.717) is 35.1 Å². The predicted molar refractivity (Wildman–Crippen MR) is 135 cm³/mol. The number of rotatable bonds is 11. The molecule has 9 heteroatoms. The highest BCUT2D eigenvalue weighted by molar-refractivity contribution is 5.89. The predicted octanol–water partition coefficient (Wildman–Crippen LogP) is 3.97. The van der Waals surface area contributed by atoms with Crippen LogP contribution < -0.4 is 10.1 Å². The summed E-state index contributed by atoms with van der Waals surface area (Å²) in [7, 11) is 1.57. The van der Waals surface area contributed by atoms with E-state index in [0.717, 1.165) is 11.9 Å². The number of ether oxygens (including phenoxy) is 1. The smallest absolute Gasteiger partial charge is 0.247 e. The SMILES string of the molecule is COc1cccc(C(C(=O)NCCC(C)C)N(Cc2ccco2)C(=O)Cn2nnc3ccccc32)c1. The summed E-state index contributed by atoms with van der Waals surface area (Å²) >= 11 is 0. The highest BCUT2D eigenvalue weighted by Crippen LogP contribution is 2.27. The molecule has 0 aliphatic rings. The van der Waals surface area contributed by atoms with Crippen LogP contribution in [0.1, 0.15) is 37.6 Å². The molecule has 2 amide bonds. The Bertz CT molecular complexity index is 1300. The normalized spacial score (nSPS) is 12.0. The number of furan rings is 1. The van der Waals surface area contributed by atoms with Crippen LogP contribution >= 0.6 is 0 Å². The lowest BCUT2D eigenvalue weighted by Crippen LogP contribution is -2.45. The number of fused-ring (bicyclic) bond motifs is 1. The number of carbonyl (C=O) groups excluding carboxylic acids is 2. The molecule has 0 spiro atoms. The van der Waals surface area contributed by atoms with Crippen molar-refractivity contribution in [3.8, 4) is 5.75 Å². The Labute approximate surface area is 210 Å². The Morgan fingerprint density at radius 1 is 1.11 bits per heavy atom. The van der Waals surface area contributed by atoms with Crippen LogP contribution in [0.5, 0.6) is 5.75 Å². The summed E-state index contributed by atoms with van der Waals surface area (Å²) in [5, 5.41) is 11.3. The molecule has 0 fully saturated rings. The minimum Gasteiger partial charge on any atom is -0.497 e. The molecule has 0 aliphatic carbocycles. The number of amides is 2. The Kier molecular flexibility index (Phi) is 7.99. The van der Waals surface area contributed by atoms with E-state index in [1.165, 1.54) is 4.90 Å². The fourth-order valence-corrected chi connectivity index (χ4v) is 4.01. The second-order valence-electron chi connectivity index (χ2n) is 8.99. The molecule has 4 aromatic rings. The third kappa shape index (κ3) is 5.91. The zero-order valence-electron chi connectivity index (χ0n) is 20.8. The van der Waals surface area contributed by atoms with Gasteiger partial charge in [-0.1, -0.05) is 43.3 Å². The number of benzene rings is 2. The quantitative estimate of drug-likeness (QED) is 0.342. The van der Waals surface area contributed by atoms with Gasteiger partial charge >= 0.3 is 0 Å². The molecule has 2 heterocycles.